The number of halogens is 2. The van der Waals surface area contributed by atoms with Crippen LogP contribution in [-0.2, 0) is 0 Å². The highest BCUT2D eigenvalue weighted by Gasteiger charge is 2.26. The number of nitrogens with zero attached hydrogens (tertiary/aromatic N) is 3. The van der Waals surface area contributed by atoms with Crippen molar-refractivity contribution in [2.45, 2.75) is 20.8 Å². The van der Waals surface area contributed by atoms with Crippen molar-refractivity contribution in [3.63, 3.8) is 0 Å². The number of hydrogen-bond acceptors (Lipinski definition) is 8. The zero-order valence-electron chi connectivity index (χ0n) is 21.4. The topological polar surface area (TPSA) is 73.4 Å². The Kier molecular flexibility index (Phi) is 11.4. The van der Waals surface area contributed by atoms with E-state index >= 15 is 0 Å². The lowest BCUT2D eigenvalue weighted by Crippen LogP contribution is -2.36. The minimum absolute atomic E-state index is 0. The van der Waals surface area contributed by atoms with Crippen LogP contribution in [0.4, 0.5) is 5.13 Å². The maximum atomic E-state index is 13.9. The number of amides is 1. The second kappa shape index (κ2) is 13.7. The normalized spacial score (nSPS) is 10.8. The molecule has 2 aromatic carbocycles. The van der Waals surface area contributed by atoms with Gasteiger partial charge in [-0.25, -0.2) is 4.98 Å². The molecule has 0 N–H and O–H groups in total. The van der Waals surface area contributed by atoms with Gasteiger partial charge in [-0.05, 0) is 59.1 Å². The number of fused-ring (bicyclic) bond motifs is 1. The number of thiazole rings is 1. The number of methoxy groups -OCH3 is 1. The van der Waals surface area contributed by atoms with E-state index in [-0.39, 0.29) is 18.3 Å². The fourth-order valence-electron chi connectivity index (χ4n) is 3.47. The number of benzene rings is 2. The van der Waals surface area contributed by atoms with Crippen LogP contribution in [0.3, 0.4) is 0 Å². The van der Waals surface area contributed by atoms with E-state index in [4.69, 9.17) is 35.5 Å². The minimum atomic E-state index is -0.231. The Morgan fingerprint density at radius 3 is 2.11 bits per heavy atom. The number of carbonyl (C=O) groups excluding carboxylic acids is 1. The molecule has 0 bridgehead atoms. The quantitative estimate of drug-likeness (QED) is 0.279. The third-order valence-electron chi connectivity index (χ3n) is 5.07. The summed E-state index contributed by atoms with van der Waals surface area (Å²) >= 11 is 7.80. The summed E-state index contributed by atoms with van der Waals surface area (Å²) in [6.45, 7) is 8.00. The van der Waals surface area contributed by atoms with Crippen LogP contribution in [0.15, 0.2) is 24.3 Å². The number of hydrogen-bond donors (Lipinski definition) is 0. The molecule has 1 amide bonds. The molecule has 198 valence electrons. The largest absolute Gasteiger partial charge is 0.494 e. The number of anilines is 1. The van der Waals surface area contributed by atoms with Crippen LogP contribution in [0.1, 0.15) is 31.1 Å². The molecule has 0 radical (unpaired) electrons. The number of rotatable bonds is 12. The zero-order chi connectivity index (χ0) is 25.5. The van der Waals surface area contributed by atoms with Crippen LogP contribution in [-0.4, -0.2) is 69.9 Å². The molecule has 3 aromatic rings. The molecule has 0 aliphatic rings. The first-order valence-electron chi connectivity index (χ1n) is 11.5. The summed E-state index contributed by atoms with van der Waals surface area (Å²) in [7, 11) is 5.50. The third kappa shape index (κ3) is 6.64. The van der Waals surface area contributed by atoms with Crippen LogP contribution in [0.25, 0.3) is 10.2 Å². The van der Waals surface area contributed by atoms with Crippen molar-refractivity contribution < 1.29 is 23.7 Å². The summed E-state index contributed by atoms with van der Waals surface area (Å²) in [4.78, 5) is 22.3. The molecule has 8 nitrogen and oxygen atoms in total. The molecule has 0 aliphatic carbocycles. The van der Waals surface area contributed by atoms with E-state index in [0.29, 0.717) is 77.1 Å². The third-order valence-corrected chi connectivity index (χ3v) is 6.61. The van der Waals surface area contributed by atoms with E-state index in [1.807, 2.05) is 39.8 Å². The van der Waals surface area contributed by atoms with Gasteiger partial charge in [0.25, 0.3) is 5.91 Å². The van der Waals surface area contributed by atoms with Crippen molar-refractivity contribution in [3.05, 3.63) is 34.9 Å². The first kappa shape index (κ1) is 29.8. The molecular weight excluding hydrogens is 525 g/mol. The Balaban J connectivity index is 0.00000456. The highest BCUT2D eigenvalue weighted by atomic mass is 35.5. The van der Waals surface area contributed by atoms with Crippen molar-refractivity contribution in [2.75, 3.05) is 59.0 Å². The molecule has 0 unspecified atom stereocenters. The van der Waals surface area contributed by atoms with Gasteiger partial charge in [-0.1, -0.05) is 22.9 Å². The van der Waals surface area contributed by atoms with Gasteiger partial charge in [0.05, 0.1) is 36.7 Å². The van der Waals surface area contributed by atoms with Gasteiger partial charge in [0.15, 0.2) is 16.6 Å². The summed E-state index contributed by atoms with van der Waals surface area (Å²) in [5.41, 5.74) is 1.04. The lowest BCUT2D eigenvalue weighted by Gasteiger charge is -2.23. The number of ether oxygens (including phenoxy) is 4. The Morgan fingerprint density at radius 2 is 1.58 bits per heavy atom. The van der Waals surface area contributed by atoms with Crippen LogP contribution < -0.4 is 23.8 Å². The number of aromatic nitrogens is 1. The van der Waals surface area contributed by atoms with Crippen molar-refractivity contribution >= 4 is 56.6 Å². The Bertz CT molecular complexity index is 1150. The van der Waals surface area contributed by atoms with Crippen molar-refractivity contribution in [1.82, 2.24) is 9.88 Å². The average Bonchev–Trinajstić information content (AvgIpc) is 3.27. The molecule has 1 aromatic heterocycles. The second-order valence-electron chi connectivity index (χ2n) is 7.78. The smallest absolute Gasteiger partial charge is 0.260 e. The molecule has 0 saturated carbocycles. The van der Waals surface area contributed by atoms with E-state index in [2.05, 4.69) is 0 Å². The van der Waals surface area contributed by atoms with E-state index in [1.165, 1.54) is 11.3 Å². The maximum absolute atomic E-state index is 13.9. The first-order chi connectivity index (χ1) is 16.8. The molecule has 0 spiro atoms. The van der Waals surface area contributed by atoms with Gasteiger partial charge >= 0.3 is 0 Å². The lowest BCUT2D eigenvalue weighted by atomic mass is 10.1. The van der Waals surface area contributed by atoms with E-state index in [9.17, 15) is 4.79 Å². The fourth-order valence-corrected chi connectivity index (χ4v) is 4.75. The summed E-state index contributed by atoms with van der Waals surface area (Å²) in [6.07, 6.45) is 0. The van der Waals surface area contributed by atoms with Crippen LogP contribution in [0, 0.1) is 0 Å². The molecule has 0 fully saturated rings. The Labute approximate surface area is 227 Å². The molecule has 36 heavy (non-hydrogen) atoms. The highest BCUT2D eigenvalue weighted by Crippen LogP contribution is 2.41. The van der Waals surface area contributed by atoms with Gasteiger partial charge < -0.3 is 23.8 Å². The molecular formula is C25H33Cl2N3O5S. The van der Waals surface area contributed by atoms with Crippen molar-refractivity contribution in [2.24, 2.45) is 0 Å². The average molecular weight is 559 g/mol. The SMILES string of the molecule is CCOc1cc(C(=O)N(CCN(C)C)c2nc3c(OC)ccc(Cl)c3s2)cc(OCC)c1OCC.Cl. The van der Waals surface area contributed by atoms with Gasteiger partial charge in [-0.15, -0.1) is 12.4 Å². The van der Waals surface area contributed by atoms with Crippen molar-refractivity contribution in [3.8, 4) is 23.0 Å². The summed E-state index contributed by atoms with van der Waals surface area (Å²) in [5.74, 6) is 1.79. The van der Waals surface area contributed by atoms with Gasteiger partial charge in [0.1, 0.15) is 11.3 Å². The molecule has 1 heterocycles. The summed E-state index contributed by atoms with van der Waals surface area (Å²) in [6, 6.07) is 6.94. The second-order valence-corrected chi connectivity index (χ2v) is 9.17. The van der Waals surface area contributed by atoms with E-state index in [1.54, 1.807) is 36.3 Å². The molecule has 3 rings (SSSR count). The van der Waals surface area contributed by atoms with Crippen LogP contribution >= 0.6 is 35.3 Å². The summed E-state index contributed by atoms with van der Waals surface area (Å²) < 4.78 is 23.6. The molecule has 0 saturated heterocycles. The standard InChI is InChI=1S/C25H32ClN3O5S.ClH/c1-7-32-19-14-16(15-20(33-8-2)22(19)34-9-3)24(30)29(13-12-28(4)5)25-27-21-18(31-6)11-10-17(26)23(21)35-25;/h10-11,14-15H,7-9,12-13H2,1-6H3;1H. The minimum Gasteiger partial charge on any atom is -0.494 e. The lowest BCUT2D eigenvalue weighted by molar-refractivity contribution is 0.0984. The Hall–Kier alpha value is -2.46. The maximum Gasteiger partial charge on any atom is 0.260 e. The first-order valence-corrected chi connectivity index (χ1v) is 12.7. The number of carbonyl (C=O) groups is 1. The van der Waals surface area contributed by atoms with Crippen LogP contribution in [0.2, 0.25) is 5.02 Å². The van der Waals surface area contributed by atoms with Crippen LogP contribution in [0.5, 0.6) is 23.0 Å². The van der Waals surface area contributed by atoms with Gasteiger partial charge in [0, 0.05) is 18.7 Å². The fraction of sp³-hybridized carbons (Fsp3) is 0.440. The zero-order valence-corrected chi connectivity index (χ0v) is 23.8. The van der Waals surface area contributed by atoms with E-state index in [0.717, 1.165) is 4.70 Å². The van der Waals surface area contributed by atoms with Gasteiger partial charge in [-0.2, -0.15) is 0 Å². The molecule has 0 atom stereocenters. The van der Waals surface area contributed by atoms with E-state index < -0.39 is 0 Å². The molecule has 0 aliphatic heterocycles. The monoisotopic (exact) mass is 557 g/mol. The number of likely N-dealkylation sites (N-methyl/N-ethyl adjacent to an activating group) is 1. The van der Waals surface area contributed by atoms with Gasteiger partial charge in [-0.3, -0.25) is 9.69 Å². The predicted octanol–water partition coefficient (Wildman–Crippen LogP) is 5.78. The Morgan fingerprint density at radius 1 is 0.972 bits per heavy atom. The highest BCUT2D eigenvalue weighted by molar-refractivity contribution is 7.23. The van der Waals surface area contributed by atoms with Gasteiger partial charge in [0.2, 0.25) is 5.75 Å². The van der Waals surface area contributed by atoms with Crippen molar-refractivity contribution in [1.29, 1.82) is 0 Å². The summed E-state index contributed by atoms with van der Waals surface area (Å²) in [5, 5.41) is 1.09. The predicted molar refractivity (Wildman–Crippen MR) is 149 cm³/mol. The molecule has 11 heteroatoms.